The predicted octanol–water partition coefficient (Wildman–Crippen LogP) is 0.360. The Kier molecular flexibility index (Phi) is 5.81. The highest BCUT2D eigenvalue weighted by Gasteiger charge is 1.73. The molecule has 1 aliphatic heterocycles. The Hall–Kier alpha value is -1.25. The molecule has 1 heterocycles. The molecule has 0 amide bonds. The highest BCUT2D eigenvalue weighted by atomic mass is 16.3. The molecule has 3 heteroatoms. The third-order valence-corrected chi connectivity index (χ3v) is 0.697. The highest BCUT2D eigenvalue weighted by Crippen LogP contribution is 1.78. The van der Waals surface area contributed by atoms with Gasteiger partial charge in [0.2, 0.25) is 0 Å². The smallest absolute Gasteiger partial charge is 0.290 e. The number of dihydropyridines is 1. The molecule has 0 bridgehead atoms. The van der Waals surface area contributed by atoms with Gasteiger partial charge in [0.15, 0.2) is 0 Å². The third kappa shape index (κ3) is 6.75. The lowest BCUT2D eigenvalue weighted by Crippen LogP contribution is -2.05. The third-order valence-electron chi connectivity index (χ3n) is 0.697. The van der Waals surface area contributed by atoms with Crippen LogP contribution < -0.4 is 5.32 Å². The van der Waals surface area contributed by atoms with Gasteiger partial charge in [0.1, 0.15) is 0 Å². The van der Waals surface area contributed by atoms with Gasteiger partial charge in [-0.15, -0.1) is 0 Å². The van der Waals surface area contributed by atoms with E-state index in [-0.39, 0.29) is 6.47 Å². The van der Waals surface area contributed by atoms with E-state index in [1.165, 1.54) is 0 Å². The van der Waals surface area contributed by atoms with Crippen molar-refractivity contribution in [1.29, 1.82) is 0 Å². The van der Waals surface area contributed by atoms with E-state index in [0.717, 1.165) is 6.54 Å². The largest absolute Gasteiger partial charge is 0.483 e. The number of hydrogen-bond acceptors (Lipinski definition) is 2. The summed E-state index contributed by atoms with van der Waals surface area (Å²) in [6.45, 7) is 0.733. The Morgan fingerprint density at radius 1 is 1.56 bits per heavy atom. The number of carbonyl (C=O) groups is 1. The van der Waals surface area contributed by atoms with Gasteiger partial charge in [-0.1, -0.05) is 12.2 Å². The Balaban J connectivity index is 0.000000187. The lowest BCUT2D eigenvalue weighted by molar-refractivity contribution is -0.122. The maximum absolute atomic E-state index is 8.36. The Morgan fingerprint density at radius 2 is 2.22 bits per heavy atom. The molecule has 0 radical (unpaired) electrons. The molecule has 0 aromatic carbocycles. The summed E-state index contributed by atoms with van der Waals surface area (Å²) in [5, 5.41) is 9.91. The number of rotatable bonds is 0. The minimum absolute atomic E-state index is 0.250. The first-order valence-corrected chi connectivity index (χ1v) is 2.54. The Bertz CT molecular complexity index is 106. The Labute approximate surface area is 53.7 Å². The van der Waals surface area contributed by atoms with Gasteiger partial charge in [-0.05, 0) is 12.3 Å². The molecule has 1 rings (SSSR count). The zero-order chi connectivity index (χ0) is 6.95. The molecule has 0 aromatic rings. The quantitative estimate of drug-likeness (QED) is 0.462. The standard InChI is InChI=1S/C5H7N.CH2O2/c1-2-4-6-5-3-1;2-1-3/h1-4,6H,5H2;1H,(H,2,3). The lowest BCUT2D eigenvalue weighted by atomic mass is 10.4. The second kappa shape index (κ2) is 6.75. The van der Waals surface area contributed by atoms with Crippen LogP contribution in [0.1, 0.15) is 0 Å². The van der Waals surface area contributed by atoms with E-state index in [1.54, 1.807) is 0 Å². The van der Waals surface area contributed by atoms with Crippen LogP contribution in [-0.4, -0.2) is 18.1 Å². The summed E-state index contributed by atoms with van der Waals surface area (Å²) < 4.78 is 0. The lowest BCUT2D eigenvalue weighted by Gasteiger charge is -1.94. The van der Waals surface area contributed by atoms with E-state index in [2.05, 4.69) is 11.4 Å². The first kappa shape index (κ1) is 7.75. The molecular formula is C6H9NO2. The van der Waals surface area contributed by atoms with Crippen LogP contribution >= 0.6 is 0 Å². The van der Waals surface area contributed by atoms with E-state index in [0.29, 0.717) is 0 Å². The van der Waals surface area contributed by atoms with Gasteiger partial charge in [-0.2, -0.15) is 0 Å². The fourth-order valence-corrected chi connectivity index (χ4v) is 0.406. The molecule has 9 heavy (non-hydrogen) atoms. The minimum atomic E-state index is -0.250. The number of carboxylic acid groups (broad SMARTS) is 1. The van der Waals surface area contributed by atoms with Crippen molar-refractivity contribution in [1.82, 2.24) is 5.32 Å². The minimum Gasteiger partial charge on any atom is -0.483 e. The van der Waals surface area contributed by atoms with Crippen LogP contribution in [0.3, 0.4) is 0 Å². The van der Waals surface area contributed by atoms with E-state index >= 15 is 0 Å². The highest BCUT2D eigenvalue weighted by molar-refractivity contribution is 5.32. The van der Waals surface area contributed by atoms with Crippen molar-refractivity contribution in [3.05, 3.63) is 24.4 Å². The maximum atomic E-state index is 8.36. The predicted molar refractivity (Wildman–Crippen MR) is 35.0 cm³/mol. The van der Waals surface area contributed by atoms with Gasteiger partial charge < -0.3 is 10.4 Å². The molecular weight excluding hydrogens is 118 g/mol. The molecule has 3 nitrogen and oxygen atoms in total. The molecule has 0 aromatic heterocycles. The van der Waals surface area contributed by atoms with Crippen LogP contribution in [0, 0.1) is 0 Å². The molecule has 0 atom stereocenters. The summed E-state index contributed by atoms with van der Waals surface area (Å²) in [4.78, 5) is 8.36. The normalized spacial score (nSPS) is 12.9. The fourth-order valence-electron chi connectivity index (χ4n) is 0.406. The fraction of sp³-hybridized carbons (Fsp3) is 0.167. The van der Waals surface area contributed by atoms with Crippen LogP contribution in [-0.2, 0) is 4.79 Å². The van der Waals surface area contributed by atoms with Gasteiger partial charge in [-0.25, -0.2) is 0 Å². The molecule has 0 fully saturated rings. The number of hydrogen-bond donors (Lipinski definition) is 2. The molecule has 0 saturated heterocycles. The van der Waals surface area contributed by atoms with Gasteiger partial charge in [0.05, 0.1) is 0 Å². The number of allylic oxidation sites excluding steroid dienone is 2. The average molecular weight is 127 g/mol. The summed E-state index contributed by atoms with van der Waals surface area (Å²) in [5.74, 6) is 0. The van der Waals surface area contributed by atoms with E-state index in [9.17, 15) is 0 Å². The van der Waals surface area contributed by atoms with Crippen LogP contribution in [0.25, 0.3) is 0 Å². The van der Waals surface area contributed by atoms with Crippen molar-refractivity contribution in [2.24, 2.45) is 0 Å². The molecule has 1 aliphatic rings. The van der Waals surface area contributed by atoms with Crippen LogP contribution in [0.5, 0.6) is 0 Å². The summed E-state index contributed by atoms with van der Waals surface area (Å²) in [6, 6.07) is 0. The van der Waals surface area contributed by atoms with Crippen molar-refractivity contribution < 1.29 is 9.90 Å². The monoisotopic (exact) mass is 127 g/mol. The SMILES string of the molecule is C1=CCNC=C1.O=CO. The van der Waals surface area contributed by atoms with Crippen LogP contribution in [0.4, 0.5) is 0 Å². The van der Waals surface area contributed by atoms with Crippen molar-refractivity contribution in [2.45, 2.75) is 0 Å². The molecule has 0 saturated carbocycles. The van der Waals surface area contributed by atoms with Gasteiger partial charge in [0, 0.05) is 6.54 Å². The molecule has 0 unspecified atom stereocenters. The average Bonchev–Trinajstić information content (AvgIpc) is 1.93. The number of nitrogens with one attached hydrogen (secondary N) is 1. The van der Waals surface area contributed by atoms with Crippen LogP contribution in [0.2, 0.25) is 0 Å². The zero-order valence-electron chi connectivity index (χ0n) is 4.95. The molecule has 0 spiro atoms. The van der Waals surface area contributed by atoms with E-state index < -0.39 is 0 Å². The summed E-state index contributed by atoms with van der Waals surface area (Å²) in [6.07, 6.45) is 8.00. The molecule has 50 valence electrons. The zero-order valence-corrected chi connectivity index (χ0v) is 4.95. The first-order valence-electron chi connectivity index (χ1n) is 2.54. The summed E-state index contributed by atoms with van der Waals surface area (Å²) >= 11 is 0. The second-order valence-electron chi connectivity index (χ2n) is 1.30. The molecule has 2 N–H and O–H groups in total. The van der Waals surface area contributed by atoms with E-state index in [1.807, 2.05) is 18.4 Å². The topological polar surface area (TPSA) is 49.3 Å². The van der Waals surface area contributed by atoms with Crippen molar-refractivity contribution in [2.75, 3.05) is 6.54 Å². The van der Waals surface area contributed by atoms with Crippen molar-refractivity contribution in [3.63, 3.8) is 0 Å². The van der Waals surface area contributed by atoms with Gasteiger partial charge >= 0.3 is 0 Å². The second-order valence-corrected chi connectivity index (χ2v) is 1.30. The maximum Gasteiger partial charge on any atom is 0.290 e. The van der Waals surface area contributed by atoms with Gasteiger partial charge in [0.25, 0.3) is 6.47 Å². The van der Waals surface area contributed by atoms with Gasteiger partial charge in [-0.3, -0.25) is 4.79 Å². The summed E-state index contributed by atoms with van der Waals surface area (Å²) in [7, 11) is 0. The van der Waals surface area contributed by atoms with E-state index in [4.69, 9.17) is 9.90 Å². The van der Waals surface area contributed by atoms with Crippen LogP contribution in [0.15, 0.2) is 24.4 Å². The van der Waals surface area contributed by atoms with Crippen molar-refractivity contribution in [3.8, 4) is 0 Å². The molecule has 0 aliphatic carbocycles. The first-order chi connectivity index (χ1) is 4.41. The van der Waals surface area contributed by atoms with Crippen molar-refractivity contribution >= 4 is 6.47 Å². The Morgan fingerprint density at radius 3 is 2.33 bits per heavy atom. The summed E-state index contributed by atoms with van der Waals surface area (Å²) in [5.41, 5.74) is 0.